The predicted molar refractivity (Wildman–Crippen MR) is 249 cm³/mol. The third kappa shape index (κ3) is 5.36. The van der Waals surface area contributed by atoms with Gasteiger partial charge in [0.2, 0.25) is 0 Å². The molecule has 0 radical (unpaired) electrons. The van der Waals surface area contributed by atoms with Crippen molar-refractivity contribution in [3.8, 4) is 27.9 Å². The fourth-order valence-electron chi connectivity index (χ4n) is 8.62. The van der Waals surface area contributed by atoms with Gasteiger partial charge in [0.05, 0.1) is 27.7 Å². The van der Waals surface area contributed by atoms with Crippen LogP contribution in [0.25, 0.3) is 93.2 Å². The standard InChI is InChI=1S/C56H36N2O/c1-2-14-44-37(12-1)13-11-19-45(44)38-26-29-41(30-27-38)57(42-31-33-43(34-32-42)58-53-21-8-4-16-47(53)48-17-5-9-22-54(48)58)52-20-7-3-15-46(52)40-25-24-39-28-35-50-49-18-6-10-23-55(49)59-56(50)51(39)36-40/h1-36H/i26D,27D,29D,30D,31D,32D,33D,34D. The van der Waals surface area contributed by atoms with Gasteiger partial charge >= 0.3 is 0 Å². The number of nitrogens with zero attached hydrogens (tertiary/aromatic N) is 2. The molecular weight excluding hydrogens is 717 g/mol. The molecule has 0 aliphatic carbocycles. The summed E-state index contributed by atoms with van der Waals surface area (Å²) in [6, 6.07) is 50.6. The number of furan rings is 1. The molecule has 2 aromatic heterocycles. The minimum Gasteiger partial charge on any atom is -0.455 e. The summed E-state index contributed by atoms with van der Waals surface area (Å²) >= 11 is 0. The van der Waals surface area contributed by atoms with Gasteiger partial charge in [-0.2, -0.15) is 0 Å². The summed E-state index contributed by atoms with van der Waals surface area (Å²) < 4.78 is 86.3. The number of para-hydroxylation sites is 4. The molecule has 12 aromatic rings. The van der Waals surface area contributed by atoms with Crippen LogP contribution in [0.3, 0.4) is 0 Å². The van der Waals surface area contributed by atoms with E-state index in [1.165, 1.54) is 4.90 Å². The summed E-state index contributed by atoms with van der Waals surface area (Å²) in [5, 5.41) is 7.13. The average Bonchev–Trinajstić information content (AvgIpc) is 3.91. The highest BCUT2D eigenvalue weighted by molar-refractivity contribution is 6.16. The fraction of sp³-hybridized carbons (Fsp3) is 0. The molecule has 0 N–H and O–H groups in total. The molecule has 0 bridgehead atoms. The molecule has 3 nitrogen and oxygen atoms in total. The second-order valence-corrected chi connectivity index (χ2v) is 14.6. The van der Waals surface area contributed by atoms with Crippen LogP contribution in [0.2, 0.25) is 0 Å². The van der Waals surface area contributed by atoms with Crippen molar-refractivity contribution in [2.24, 2.45) is 0 Å². The topological polar surface area (TPSA) is 21.3 Å². The molecule has 0 amide bonds. The van der Waals surface area contributed by atoms with Crippen molar-refractivity contribution in [1.82, 2.24) is 4.57 Å². The van der Waals surface area contributed by atoms with Crippen molar-refractivity contribution in [2.45, 2.75) is 0 Å². The van der Waals surface area contributed by atoms with Crippen LogP contribution >= 0.6 is 0 Å². The normalized spacial score (nSPS) is 13.6. The van der Waals surface area contributed by atoms with Crippen molar-refractivity contribution in [1.29, 1.82) is 0 Å². The highest BCUT2D eigenvalue weighted by Crippen LogP contribution is 2.44. The molecule has 276 valence electrons. The Labute approximate surface area is 352 Å². The van der Waals surface area contributed by atoms with Crippen LogP contribution in [0.5, 0.6) is 0 Å². The number of hydrogen-bond acceptors (Lipinski definition) is 2. The second-order valence-electron chi connectivity index (χ2n) is 14.6. The lowest BCUT2D eigenvalue weighted by molar-refractivity contribution is 0.672. The summed E-state index contributed by atoms with van der Waals surface area (Å²) in [4.78, 5) is 1.39. The molecule has 0 unspecified atom stereocenters. The smallest absolute Gasteiger partial charge is 0.143 e. The first-order chi connectivity index (χ1) is 32.6. The van der Waals surface area contributed by atoms with Crippen molar-refractivity contribution in [3.63, 3.8) is 0 Å². The number of hydrogen-bond donors (Lipinski definition) is 0. The summed E-state index contributed by atoms with van der Waals surface area (Å²) in [5.41, 5.74) is 4.71. The van der Waals surface area contributed by atoms with Crippen LogP contribution in [-0.4, -0.2) is 4.57 Å². The Morgan fingerprint density at radius 3 is 1.76 bits per heavy atom. The van der Waals surface area contributed by atoms with Gasteiger partial charge in [0.1, 0.15) is 11.2 Å². The second kappa shape index (κ2) is 13.4. The molecule has 59 heavy (non-hydrogen) atoms. The minimum atomic E-state index is -0.426. The van der Waals surface area contributed by atoms with Crippen molar-refractivity contribution in [3.05, 3.63) is 218 Å². The van der Waals surface area contributed by atoms with E-state index in [1.807, 2.05) is 146 Å². The molecule has 0 saturated heterocycles. The quantitative estimate of drug-likeness (QED) is 0.168. The molecule has 2 heterocycles. The van der Waals surface area contributed by atoms with Gasteiger partial charge in [0.15, 0.2) is 0 Å². The minimum absolute atomic E-state index is 0.0413. The average molecular weight is 761 g/mol. The maximum Gasteiger partial charge on any atom is 0.143 e. The lowest BCUT2D eigenvalue weighted by atomic mass is 9.96. The Bertz CT molecular complexity index is 3950. The van der Waals surface area contributed by atoms with E-state index in [0.717, 1.165) is 48.7 Å². The van der Waals surface area contributed by atoms with Crippen LogP contribution in [0, 0.1) is 0 Å². The van der Waals surface area contributed by atoms with Crippen LogP contribution in [-0.2, 0) is 0 Å². The van der Waals surface area contributed by atoms with Gasteiger partial charge in [-0.15, -0.1) is 0 Å². The van der Waals surface area contributed by atoms with Crippen LogP contribution in [0.1, 0.15) is 11.0 Å². The Balaban J connectivity index is 1.15. The van der Waals surface area contributed by atoms with E-state index in [9.17, 15) is 11.0 Å². The predicted octanol–water partition coefficient (Wildman–Crippen LogP) is 15.8. The Kier molecular flexibility index (Phi) is 5.92. The van der Waals surface area contributed by atoms with Gasteiger partial charge in [0.25, 0.3) is 0 Å². The van der Waals surface area contributed by atoms with Crippen molar-refractivity contribution >= 4 is 82.4 Å². The SMILES string of the molecule is [2H]c1c([2H])c(N(c2ccccc2-c2ccc3ccc4c5ccccc5oc4c3c2)c2c([2H])c([2H])c(-n3c4ccccc4c4ccccc43)c([2H])c2[2H])c([2H])c([2H])c1-c1cccc2ccccc12. The molecular formula is C56H36N2O. The first kappa shape index (κ1) is 26.1. The zero-order valence-electron chi connectivity index (χ0n) is 39.5. The van der Waals surface area contributed by atoms with Gasteiger partial charge in [-0.1, -0.05) is 146 Å². The zero-order chi connectivity index (χ0) is 45.8. The fourth-order valence-corrected chi connectivity index (χ4v) is 8.62. The van der Waals surface area contributed by atoms with Crippen LogP contribution in [0.4, 0.5) is 17.1 Å². The molecule has 12 rings (SSSR count). The lowest BCUT2D eigenvalue weighted by Crippen LogP contribution is -2.11. The van der Waals surface area contributed by atoms with Crippen molar-refractivity contribution in [2.75, 3.05) is 4.90 Å². The van der Waals surface area contributed by atoms with Crippen LogP contribution < -0.4 is 4.90 Å². The van der Waals surface area contributed by atoms with Gasteiger partial charge < -0.3 is 13.9 Å². The highest BCUT2D eigenvalue weighted by atomic mass is 16.3. The first-order valence-electron chi connectivity index (χ1n) is 23.5. The molecule has 0 fully saturated rings. The number of anilines is 3. The first-order valence-corrected chi connectivity index (χ1v) is 19.5. The third-order valence-electron chi connectivity index (χ3n) is 11.3. The Morgan fingerprint density at radius 2 is 0.983 bits per heavy atom. The van der Waals surface area contributed by atoms with E-state index in [4.69, 9.17) is 4.42 Å². The van der Waals surface area contributed by atoms with E-state index in [-0.39, 0.29) is 46.8 Å². The van der Waals surface area contributed by atoms with Crippen LogP contribution in [0.15, 0.2) is 223 Å². The summed E-state index contributed by atoms with van der Waals surface area (Å²) in [6.07, 6.45) is 0. The number of rotatable bonds is 6. The third-order valence-corrected chi connectivity index (χ3v) is 11.3. The van der Waals surface area contributed by atoms with Gasteiger partial charge in [0, 0.05) is 49.6 Å². The highest BCUT2D eigenvalue weighted by Gasteiger charge is 2.20. The lowest BCUT2D eigenvalue weighted by Gasteiger charge is -2.28. The molecule has 0 atom stereocenters. The van der Waals surface area contributed by atoms with Gasteiger partial charge in [-0.25, -0.2) is 0 Å². The number of fused-ring (bicyclic) bond motifs is 9. The van der Waals surface area contributed by atoms with Crippen molar-refractivity contribution < 1.29 is 15.4 Å². The maximum absolute atomic E-state index is 9.89. The molecule has 0 spiro atoms. The summed E-state index contributed by atoms with van der Waals surface area (Å²) in [5.74, 6) is 0. The number of aromatic nitrogens is 1. The van der Waals surface area contributed by atoms with E-state index >= 15 is 0 Å². The molecule has 10 aromatic carbocycles. The van der Waals surface area contributed by atoms with Gasteiger partial charge in [-0.05, 0) is 106 Å². The molecule has 0 saturated carbocycles. The van der Waals surface area contributed by atoms with Gasteiger partial charge in [-0.3, -0.25) is 0 Å². The summed E-state index contributed by atoms with van der Waals surface area (Å²) in [6.45, 7) is 0. The van der Waals surface area contributed by atoms with E-state index in [0.29, 0.717) is 39.0 Å². The van der Waals surface area contributed by atoms with E-state index in [1.54, 1.807) is 22.8 Å². The molecule has 0 aliphatic heterocycles. The van der Waals surface area contributed by atoms with E-state index in [2.05, 4.69) is 6.07 Å². The molecule has 3 heteroatoms. The zero-order valence-corrected chi connectivity index (χ0v) is 31.5. The monoisotopic (exact) mass is 760 g/mol. The molecule has 0 aliphatic rings. The Hall–Kier alpha value is -7.88. The maximum atomic E-state index is 9.89. The largest absolute Gasteiger partial charge is 0.455 e. The Morgan fingerprint density at radius 1 is 0.407 bits per heavy atom. The number of benzene rings is 10. The van der Waals surface area contributed by atoms with E-state index < -0.39 is 24.2 Å². The summed E-state index contributed by atoms with van der Waals surface area (Å²) in [7, 11) is 0.